The van der Waals surface area contributed by atoms with E-state index in [-0.39, 0.29) is 0 Å². The molecule has 1 aromatic rings. The van der Waals surface area contributed by atoms with E-state index >= 15 is 0 Å². The predicted octanol–water partition coefficient (Wildman–Crippen LogP) is 3.55. The van der Waals surface area contributed by atoms with E-state index in [1.807, 2.05) is 12.3 Å². The molecule has 1 aromatic heterocycles. The highest BCUT2D eigenvalue weighted by Gasteiger charge is 2.25. The van der Waals surface area contributed by atoms with E-state index in [0.29, 0.717) is 10.7 Å². The predicted molar refractivity (Wildman–Crippen MR) is 94.1 cm³/mol. The summed E-state index contributed by atoms with van der Waals surface area (Å²) in [5, 5.41) is 3.54. The van der Waals surface area contributed by atoms with Crippen LogP contribution in [-0.2, 0) is 6.54 Å². The lowest BCUT2D eigenvalue weighted by atomic mass is 10.1. The molecule has 3 nitrogen and oxygen atoms in total. The monoisotopic (exact) mass is 307 g/mol. The number of hydrogen-bond donors (Lipinski definition) is 1. The second kappa shape index (κ2) is 7.50. The molecule has 0 atom stereocenters. The summed E-state index contributed by atoms with van der Waals surface area (Å²) in [4.78, 5) is 7.13. The number of pyridine rings is 1. The van der Waals surface area contributed by atoms with Crippen LogP contribution >= 0.6 is 11.8 Å². The summed E-state index contributed by atoms with van der Waals surface area (Å²) < 4.78 is 0.388. The van der Waals surface area contributed by atoms with Crippen LogP contribution in [-0.4, -0.2) is 35.1 Å². The summed E-state index contributed by atoms with van der Waals surface area (Å²) in [6.07, 6.45) is 3.14. The van der Waals surface area contributed by atoms with Crippen molar-refractivity contribution < 1.29 is 0 Å². The summed E-state index contributed by atoms with van der Waals surface area (Å²) in [7, 11) is 0. The summed E-state index contributed by atoms with van der Waals surface area (Å²) in [6.45, 7) is 13.4. The Balaban J connectivity index is 2.05. The second-order valence-corrected chi connectivity index (χ2v) is 8.66. The van der Waals surface area contributed by atoms with E-state index in [2.05, 4.69) is 60.7 Å². The third kappa shape index (κ3) is 5.19. The van der Waals surface area contributed by atoms with Crippen molar-refractivity contribution in [2.24, 2.45) is 5.92 Å². The summed E-state index contributed by atoms with van der Waals surface area (Å²) >= 11 is 2.08. The lowest BCUT2D eigenvalue weighted by Crippen LogP contribution is -2.30. The molecule has 1 N–H and O–H groups in total. The van der Waals surface area contributed by atoms with Crippen LogP contribution in [0.5, 0.6) is 0 Å². The molecular formula is C17H29N3S. The van der Waals surface area contributed by atoms with Crippen LogP contribution in [0.1, 0.15) is 39.7 Å². The van der Waals surface area contributed by atoms with Gasteiger partial charge in [0.2, 0.25) is 0 Å². The van der Waals surface area contributed by atoms with Gasteiger partial charge in [-0.1, -0.05) is 33.8 Å². The Kier molecular flexibility index (Phi) is 5.94. The first-order valence-electron chi connectivity index (χ1n) is 8.01. The molecule has 0 aromatic carbocycles. The maximum atomic E-state index is 4.67. The third-order valence-corrected chi connectivity index (χ3v) is 5.25. The van der Waals surface area contributed by atoms with E-state index in [9.17, 15) is 0 Å². The molecule has 2 heterocycles. The van der Waals surface area contributed by atoms with Gasteiger partial charge in [-0.25, -0.2) is 4.98 Å². The average molecular weight is 308 g/mol. The number of nitrogens with zero attached hydrogens (tertiary/aromatic N) is 2. The average Bonchev–Trinajstić information content (AvgIpc) is 2.60. The van der Waals surface area contributed by atoms with Gasteiger partial charge >= 0.3 is 0 Å². The van der Waals surface area contributed by atoms with Gasteiger partial charge in [0.15, 0.2) is 0 Å². The van der Waals surface area contributed by atoms with Crippen LogP contribution in [0.3, 0.4) is 0 Å². The molecule has 21 heavy (non-hydrogen) atoms. The Hall–Kier alpha value is -0.740. The Morgan fingerprint density at radius 1 is 1.38 bits per heavy atom. The van der Waals surface area contributed by atoms with Gasteiger partial charge < -0.3 is 10.2 Å². The van der Waals surface area contributed by atoms with Gasteiger partial charge in [0.1, 0.15) is 5.82 Å². The number of rotatable bonds is 5. The zero-order valence-corrected chi connectivity index (χ0v) is 14.7. The van der Waals surface area contributed by atoms with Gasteiger partial charge in [0, 0.05) is 41.9 Å². The van der Waals surface area contributed by atoms with Crippen molar-refractivity contribution in [3.63, 3.8) is 0 Å². The molecule has 118 valence electrons. The molecule has 1 saturated heterocycles. The molecule has 2 rings (SSSR count). The standard InChI is InChI=1S/C17H29N3S/c1-14(2)12-18-13-15-6-5-8-19-16(15)20-9-7-17(3,4)21-11-10-20/h5-6,8,14,18H,7,9-13H2,1-4H3. The quantitative estimate of drug-likeness (QED) is 0.900. The van der Waals surface area contributed by atoms with Gasteiger partial charge in [0.05, 0.1) is 0 Å². The van der Waals surface area contributed by atoms with Gasteiger partial charge in [-0.2, -0.15) is 11.8 Å². The van der Waals surface area contributed by atoms with Gasteiger partial charge in [-0.15, -0.1) is 0 Å². The number of thioether (sulfide) groups is 1. The van der Waals surface area contributed by atoms with Crippen LogP contribution in [0.4, 0.5) is 5.82 Å². The third-order valence-electron chi connectivity index (χ3n) is 3.87. The molecule has 0 bridgehead atoms. The van der Waals surface area contributed by atoms with Crippen molar-refractivity contribution in [3.05, 3.63) is 23.9 Å². The maximum Gasteiger partial charge on any atom is 0.133 e. The Morgan fingerprint density at radius 2 is 2.19 bits per heavy atom. The highest BCUT2D eigenvalue weighted by molar-refractivity contribution is 8.00. The minimum absolute atomic E-state index is 0.388. The molecule has 1 fully saturated rings. The van der Waals surface area contributed by atoms with E-state index < -0.39 is 0 Å². The SMILES string of the molecule is CC(C)CNCc1cccnc1N1CCSC(C)(C)CC1. The van der Waals surface area contributed by atoms with E-state index in [1.165, 1.54) is 23.6 Å². The van der Waals surface area contributed by atoms with Crippen molar-refractivity contribution in [3.8, 4) is 0 Å². The van der Waals surface area contributed by atoms with Crippen LogP contribution in [0.2, 0.25) is 0 Å². The number of hydrogen-bond acceptors (Lipinski definition) is 4. The van der Waals surface area contributed by atoms with Crippen molar-refractivity contribution in [1.29, 1.82) is 0 Å². The van der Waals surface area contributed by atoms with E-state index in [0.717, 1.165) is 26.2 Å². The first-order chi connectivity index (χ1) is 9.98. The maximum absolute atomic E-state index is 4.67. The highest BCUT2D eigenvalue weighted by atomic mass is 32.2. The molecular weight excluding hydrogens is 278 g/mol. The molecule has 4 heteroatoms. The van der Waals surface area contributed by atoms with Crippen molar-refractivity contribution in [2.45, 2.75) is 45.4 Å². The van der Waals surface area contributed by atoms with Crippen molar-refractivity contribution in [1.82, 2.24) is 10.3 Å². The molecule has 0 aliphatic carbocycles. The zero-order chi connectivity index (χ0) is 15.3. The van der Waals surface area contributed by atoms with Gasteiger partial charge in [0.25, 0.3) is 0 Å². The Bertz CT molecular complexity index is 445. The fraction of sp³-hybridized carbons (Fsp3) is 0.706. The van der Waals surface area contributed by atoms with Gasteiger partial charge in [-0.05, 0) is 24.9 Å². The molecule has 0 unspecified atom stereocenters. The van der Waals surface area contributed by atoms with Crippen LogP contribution in [0.25, 0.3) is 0 Å². The van der Waals surface area contributed by atoms with E-state index in [4.69, 9.17) is 0 Å². The van der Waals surface area contributed by atoms with Crippen molar-refractivity contribution >= 4 is 17.6 Å². The molecule has 0 saturated carbocycles. The fourth-order valence-corrected chi connectivity index (χ4v) is 3.68. The number of aromatic nitrogens is 1. The normalized spacial score (nSPS) is 18.8. The summed E-state index contributed by atoms with van der Waals surface area (Å²) in [6, 6.07) is 4.26. The number of nitrogens with one attached hydrogen (secondary N) is 1. The van der Waals surface area contributed by atoms with Gasteiger partial charge in [-0.3, -0.25) is 0 Å². The van der Waals surface area contributed by atoms with Crippen molar-refractivity contribution in [2.75, 3.05) is 30.3 Å². The molecule has 0 spiro atoms. The first-order valence-corrected chi connectivity index (χ1v) is 9.00. The highest BCUT2D eigenvalue weighted by Crippen LogP contribution is 2.32. The smallest absolute Gasteiger partial charge is 0.133 e. The second-order valence-electron chi connectivity index (χ2n) is 6.86. The zero-order valence-electron chi connectivity index (χ0n) is 13.9. The minimum atomic E-state index is 0.388. The largest absolute Gasteiger partial charge is 0.355 e. The molecule has 0 amide bonds. The Morgan fingerprint density at radius 3 is 2.95 bits per heavy atom. The van der Waals surface area contributed by atoms with Crippen LogP contribution in [0, 0.1) is 5.92 Å². The molecule has 0 radical (unpaired) electrons. The minimum Gasteiger partial charge on any atom is -0.355 e. The lowest BCUT2D eigenvalue weighted by molar-refractivity contribution is 0.551. The Labute approximate surface area is 133 Å². The fourth-order valence-electron chi connectivity index (χ4n) is 2.58. The lowest BCUT2D eigenvalue weighted by Gasteiger charge is -2.25. The summed E-state index contributed by atoms with van der Waals surface area (Å²) in [5.41, 5.74) is 1.32. The number of anilines is 1. The molecule has 1 aliphatic heterocycles. The van der Waals surface area contributed by atoms with E-state index in [1.54, 1.807) is 0 Å². The van der Waals surface area contributed by atoms with Crippen LogP contribution in [0.15, 0.2) is 18.3 Å². The molecule has 1 aliphatic rings. The first kappa shape index (κ1) is 16.6. The summed E-state index contributed by atoms with van der Waals surface area (Å²) in [5.74, 6) is 3.04. The topological polar surface area (TPSA) is 28.2 Å². The van der Waals surface area contributed by atoms with Crippen LogP contribution < -0.4 is 10.2 Å².